The van der Waals surface area contributed by atoms with E-state index in [9.17, 15) is 9.59 Å². The fraction of sp³-hybridized carbons (Fsp3) is 0.556. The molecule has 3 amide bonds. The first kappa shape index (κ1) is 17.9. The van der Waals surface area contributed by atoms with Crippen LogP contribution in [0.4, 0.5) is 4.79 Å². The molecule has 2 fully saturated rings. The van der Waals surface area contributed by atoms with E-state index in [4.69, 9.17) is 16.3 Å². The van der Waals surface area contributed by atoms with Gasteiger partial charge < -0.3 is 19.9 Å². The molecule has 0 unspecified atom stereocenters. The molecule has 1 aromatic carbocycles. The monoisotopic (exact) mass is 365 g/mol. The Morgan fingerprint density at radius 3 is 2.40 bits per heavy atom. The molecule has 0 spiro atoms. The molecule has 0 aromatic heterocycles. The number of ether oxygens (including phenoxy) is 1. The fourth-order valence-electron chi connectivity index (χ4n) is 3.44. The molecule has 25 heavy (non-hydrogen) atoms. The number of benzene rings is 1. The van der Waals surface area contributed by atoms with Crippen LogP contribution in [0.5, 0.6) is 5.75 Å². The Labute approximate surface area is 153 Å². The lowest BCUT2D eigenvalue weighted by Gasteiger charge is -2.34. The highest BCUT2D eigenvalue weighted by atomic mass is 35.5. The quantitative estimate of drug-likeness (QED) is 0.895. The summed E-state index contributed by atoms with van der Waals surface area (Å²) >= 11 is 5.99. The summed E-state index contributed by atoms with van der Waals surface area (Å²) in [5.74, 6) is 0.312. The van der Waals surface area contributed by atoms with Crippen molar-refractivity contribution in [2.24, 2.45) is 0 Å². The molecular formula is C18H24ClN3O3. The number of hydrogen-bond donors (Lipinski definition) is 1. The number of nitrogens with zero attached hydrogens (tertiary/aromatic N) is 2. The number of nitrogens with one attached hydrogen (secondary N) is 1. The van der Waals surface area contributed by atoms with E-state index in [1.807, 2.05) is 9.80 Å². The first-order valence-corrected chi connectivity index (χ1v) is 9.14. The van der Waals surface area contributed by atoms with Gasteiger partial charge in [-0.15, -0.1) is 0 Å². The molecule has 2 saturated heterocycles. The molecule has 1 N–H and O–H groups in total. The molecule has 0 radical (unpaired) electrons. The van der Waals surface area contributed by atoms with Crippen LogP contribution >= 0.6 is 11.6 Å². The van der Waals surface area contributed by atoms with Crippen molar-refractivity contribution in [3.05, 3.63) is 28.8 Å². The van der Waals surface area contributed by atoms with Gasteiger partial charge >= 0.3 is 6.03 Å². The largest absolute Gasteiger partial charge is 0.496 e. The van der Waals surface area contributed by atoms with Crippen LogP contribution in [0.15, 0.2) is 18.2 Å². The van der Waals surface area contributed by atoms with Crippen molar-refractivity contribution in [2.75, 3.05) is 33.3 Å². The number of likely N-dealkylation sites (tertiary alicyclic amines) is 2. The lowest BCUT2D eigenvalue weighted by Crippen LogP contribution is -2.50. The summed E-state index contributed by atoms with van der Waals surface area (Å²) in [6, 6.07) is 5.19. The Morgan fingerprint density at radius 1 is 1.12 bits per heavy atom. The zero-order chi connectivity index (χ0) is 17.8. The molecule has 0 saturated carbocycles. The van der Waals surface area contributed by atoms with E-state index >= 15 is 0 Å². The van der Waals surface area contributed by atoms with Crippen molar-refractivity contribution >= 4 is 23.5 Å². The summed E-state index contributed by atoms with van der Waals surface area (Å²) in [4.78, 5) is 28.8. The third-order valence-corrected chi connectivity index (χ3v) is 5.12. The molecule has 7 heteroatoms. The molecule has 3 rings (SSSR count). The summed E-state index contributed by atoms with van der Waals surface area (Å²) in [6.45, 7) is 3.08. The summed E-state index contributed by atoms with van der Waals surface area (Å²) in [5.41, 5.74) is 0.436. The molecule has 0 bridgehead atoms. The summed E-state index contributed by atoms with van der Waals surface area (Å²) in [6.07, 6.45) is 3.71. The standard InChI is InChI=1S/C18H24ClN3O3/c1-25-16-5-4-13(19)12-15(16)17(23)20-14-6-10-22(11-7-14)18(24)21-8-2-3-9-21/h4-5,12,14H,2-3,6-11H2,1H3,(H,20,23). The molecule has 136 valence electrons. The molecule has 2 aliphatic rings. The second kappa shape index (κ2) is 7.95. The van der Waals surface area contributed by atoms with Gasteiger partial charge in [0.2, 0.25) is 0 Å². The molecule has 0 atom stereocenters. The topological polar surface area (TPSA) is 61.9 Å². The summed E-state index contributed by atoms with van der Waals surface area (Å²) < 4.78 is 5.24. The van der Waals surface area contributed by atoms with Crippen LogP contribution in [0.2, 0.25) is 5.02 Å². The van der Waals surface area contributed by atoms with Gasteiger partial charge in [-0.05, 0) is 43.9 Å². The highest BCUT2D eigenvalue weighted by Crippen LogP contribution is 2.23. The second-order valence-corrected chi connectivity index (χ2v) is 6.99. The normalized spacial score (nSPS) is 18.3. The minimum Gasteiger partial charge on any atom is -0.496 e. The minimum atomic E-state index is -0.191. The molecule has 2 aliphatic heterocycles. The number of halogens is 1. The van der Waals surface area contributed by atoms with Crippen LogP contribution in [0.3, 0.4) is 0 Å². The zero-order valence-electron chi connectivity index (χ0n) is 14.5. The lowest BCUT2D eigenvalue weighted by molar-refractivity contribution is 0.0909. The molecule has 0 aliphatic carbocycles. The van der Waals surface area contributed by atoms with Gasteiger partial charge in [-0.25, -0.2) is 4.79 Å². The Morgan fingerprint density at radius 2 is 1.76 bits per heavy atom. The van der Waals surface area contributed by atoms with Crippen LogP contribution in [0.1, 0.15) is 36.0 Å². The van der Waals surface area contributed by atoms with Crippen molar-refractivity contribution in [3.63, 3.8) is 0 Å². The van der Waals surface area contributed by atoms with Crippen LogP contribution in [0, 0.1) is 0 Å². The Kier molecular flexibility index (Phi) is 5.68. The average Bonchev–Trinajstić information content (AvgIpc) is 3.16. The zero-order valence-corrected chi connectivity index (χ0v) is 15.2. The van der Waals surface area contributed by atoms with E-state index in [-0.39, 0.29) is 18.0 Å². The van der Waals surface area contributed by atoms with Crippen molar-refractivity contribution < 1.29 is 14.3 Å². The average molecular weight is 366 g/mol. The Balaban J connectivity index is 1.54. The SMILES string of the molecule is COc1ccc(Cl)cc1C(=O)NC1CCN(C(=O)N2CCCC2)CC1. The third kappa shape index (κ3) is 4.18. The Hall–Kier alpha value is -1.95. The van der Waals surface area contributed by atoms with Gasteiger partial charge in [0.05, 0.1) is 12.7 Å². The smallest absolute Gasteiger partial charge is 0.319 e. The van der Waals surface area contributed by atoms with Gasteiger partial charge in [0.25, 0.3) is 5.91 Å². The second-order valence-electron chi connectivity index (χ2n) is 6.56. The van der Waals surface area contributed by atoms with Gasteiger partial charge in [0, 0.05) is 37.2 Å². The maximum absolute atomic E-state index is 12.5. The van der Waals surface area contributed by atoms with E-state index in [1.165, 1.54) is 7.11 Å². The van der Waals surface area contributed by atoms with Crippen molar-refractivity contribution in [1.29, 1.82) is 0 Å². The molecule has 6 nitrogen and oxygen atoms in total. The molecule has 2 heterocycles. The van der Waals surface area contributed by atoms with Crippen molar-refractivity contribution in [2.45, 2.75) is 31.7 Å². The van der Waals surface area contributed by atoms with Gasteiger partial charge in [0.15, 0.2) is 0 Å². The van der Waals surface area contributed by atoms with Gasteiger partial charge in [0.1, 0.15) is 5.75 Å². The maximum Gasteiger partial charge on any atom is 0.319 e. The number of carbonyl (C=O) groups excluding carboxylic acids is 2. The molecule has 1 aromatic rings. The highest BCUT2D eigenvalue weighted by molar-refractivity contribution is 6.31. The predicted molar refractivity (Wildman–Crippen MR) is 96.3 cm³/mol. The van der Waals surface area contributed by atoms with Crippen LogP contribution in [-0.4, -0.2) is 61.1 Å². The number of hydrogen-bond acceptors (Lipinski definition) is 3. The fourth-order valence-corrected chi connectivity index (χ4v) is 3.62. The minimum absolute atomic E-state index is 0.0545. The number of carbonyl (C=O) groups is 2. The third-order valence-electron chi connectivity index (χ3n) is 4.88. The van der Waals surface area contributed by atoms with E-state index in [0.717, 1.165) is 38.8 Å². The summed E-state index contributed by atoms with van der Waals surface area (Å²) in [7, 11) is 1.53. The first-order chi connectivity index (χ1) is 12.1. The van der Waals surface area contributed by atoms with E-state index in [0.29, 0.717) is 29.4 Å². The van der Waals surface area contributed by atoms with E-state index in [2.05, 4.69) is 5.32 Å². The number of methoxy groups -OCH3 is 1. The van der Waals surface area contributed by atoms with Gasteiger partial charge in [-0.3, -0.25) is 4.79 Å². The molecular weight excluding hydrogens is 342 g/mol. The van der Waals surface area contributed by atoms with Crippen LogP contribution < -0.4 is 10.1 Å². The van der Waals surface area contributed by atoms with Crippen LogP contribution in [-0.2, 0) is 0 Å². The van der Waals surface area contributed by atoms with Gasteiger partial charge in [-0.2, -0.15) is 0 Å². The summed E-state index contributed by atoms with van der Waals surface area (Å²) in [5, 5.41) is 3.53. The predicted octanol–water partition coefficient (Wildman–Crippen LogP) is 2.76. The maximum atomic E-state index is 12.5. The van der Waals surface area contributed by atoms with Gasteiger partial charge in [-0.1, -0.05) is 11.6 Å². The highest BCUT2D eigenvalue weighted by Gasteiger charge is 2.28. The number of piperidine rings is 1. The Bertz CT molecular complexity index is 638. The number of rotatable bonds is 3. The van der Waals surface area contributed by atoms with Crippen molar-refractivity contribution in [1.82, 2.24) is 15.1 Å². The van der Waals surface area contributed by atoms with Crippen molar-refractivity contribution in [3.8, 4) is 5.75 Å². The lowest BCUT2D eigenvalue weighted by atomic mass is 10.0. The number of amides is 3. The van der Waals surface area contributed by atoms with E-state index in [1.54, 1.807) is 18.2 Å². The first-order valence-electron chi connectivity index (χ1n) is 8.76. The number of urea groups is 1. The van der Waals surface area contributed by atoms with E-state index < -0.39 is 0 Å². The van der Waals surface area contributed by atoms with Crippen LogP contribution in [0.25, 0.3) is 0 Å².